The van der Waals surface area contributed by atoms with Crippen LogP contribution in [0.1, 0.15) is 10.7 Å². The van der Waals surface area contributed by atoms with Gasteiger partial charge in [-0.1, -0.05) is 11.6 Å². The Morgan fingerprint density at radius 3 is 2.56 bits per heavy atom. The number of rotatable bonds is 4. The van der Waals surface area contributed by atoms with E-state index in [-0.39, 0.29) is 11.4 Å². The van der Waals surface area contributed by atoms with Crippen molar-refractivity contribution in [3.05, 3.63) is 45.4 Å². The SMILES string of the molecule is Cc1csc(CNS(=O)(=O)c2ccc(Cl)cc2)n1. The first-order valence-corrected chi connectivity index (χ1v) is 7.88. The highest BCUT2D eigenvalue weighted by molar-refractivity contribution is 7.89. The third kappa shape index (κ3) is 3.29. The zero-order valence-corrected chi connectivity index (χ0v) is 11.9. The van der Waals surface area contributed by atoms with Crippen LogP contribution in [-0.4, -0.2) is 13.4 Å². The molecule has 96 valence electrons. The van der Waals surface area contributed by atoms with Crippen LogP contribution in [0.2, 0.25) is 5.02 Å². The molecule has 2 aromatic rings. The summed E-state index contributed by atoms with van der Waals surface area (Å²) in [6, 6.07) is 6.03. The molecule has 1 aromatic carbocycles. The maximum Gasteiger partial charge on any atom is 0.240 e. The van der Waals surface area contributed by atoms with Crippen molar-refractivity contribution < 1.29 is 8.42 Å². The topological polar surface area (TPSA) is 59.1 Å². The van der Waals surface area contributed by atoms with Crippen molar-refractivity contribution in [1.82, 2.24) is 9.71 Å². The average Bonchev–Trinajstić information content (AvgIpc) is 2.73. The van der Waals surface area contributed by atoms with Gasteiger partial charge in [-0.05, 0) is 31.2 Å². The van der Waals surface area contributed by atoms with Crippen LogP contribution in [0.5, 0.6) is 0 Å². The normalized spacial score (nSPS) is 11.7. The molecule has 0 fully saturated rings. The van der Waals surface area contributed by atoms with Gasteiger partial charge in [0.05, 0.1) is 11.4 Å². The van der Waals surface area contributed by atoms with Gasteiger partial charge in [0.2, 0.25) is 10.0 Å². The maximum absolute atomic E-state index is 11.9. The molecule has 7 heteroatoms. The van der Waals surface area contributed by atoms with Gasteiger partial charge < -0.3 is 0 Å². The molecule has 2 rings (SSSR count). The standard InChI is InChI=1S/C11H11ClN2O2S2/c1-8-7-17-11(14-8)6-13-18(15,16)10-4-2-9(12)3-5-10/h2-5,7,13H,6H2,1H3. The van der Waals surface area contributed by atoms with E-state index in [0.29, 0.717) is 5.02 Å². The highest BCUT2D eigenvalue weighted by Gasteiger charge is 2.14. The van der Waals surface area contributed by atoms with E-state index in [2.05, 4.69) is 9.71 Å². The van der Waals surface area contributed by atoms with Gasteiger partial charge >= 0.3 is 0 Å². The number of aromatic nitrogens is 1. The third-order valence-electron chi connectivity index (χ3n) is 2.20. The van der Waals surface area contributed by atoms with E-state index >= 15 is 0 Å². The van der Waals surface area contributed by atoms with Crippen LogP contribution in [-0.2, 0) is 16.6 Å². The van der Waals surface area contributed by atoms with Gasteiger partial charge in [0.25, 0.3) is 0 Å². The number of nitrogens with one attached hydrogen (secondary N) is 1. The molecule has 18 heavy (non-hydrogen) atoms. The van der Waals surface area contributed by atoms with Crippen LogP contribution in [0.3, 0.4) is 0 Å². The van der Waals surface area contributed by atoms with Gasteiger partial charge in [-0.3, -0.25) is 0 Å². The number of hydrogen-bond donors (Lipinski definition) is 1. The Morgan fingerprint density at radius 2 is 2.00 bits per heavy atom. The summed E-state index contributed by atoms with van der Waals surface area (Å²) in [6.45, 7) is 2.07. The zero-order chi connectivity index (χ0) is 13.2. The molecular formula is C11H11ClN2O2S2. The van der Waals surface area contributed by atoms with Gasteiger partial charge in [-0.15, -0.1) is 11.3 Å². The molecule has 0 saturated heterocycles. The highest BCUT2D eigenvalue weighted by Crippen LogP contribution is 2.15. The Labute approximate surface area is 115 Å². The molecule has 0 amide bonds. The zero-order valence-electron chi connectivity index (χ0n) is 9.55. The maximum atomic E-state index is 11.9. The first kappa shape index (κ1) is 13.5. The van der Waals surface area contributed by atoms with Crippen molar-refractivity contribution in [3.63, 3.8) is 0 Å². The molecule has 0 aliphatic rings. The van der Waals surface area contributed by atoms with E-state index < -0.39 is 10.0 Å². The monoisotopic (exact) mass is 302 g/mol. The predicted octanol–water partition coefficient (Wildman–Crippen LogP) is 2.58. The largest absolute Gasteiger partial charge is 0.245 e. The summed E-state index contributed by atoms with van der Waals surface area (Å²) in [5, 5.41) is 3.13. The number of hydrogen-bond acceptors (Lipinski definition) is 4. The van der Waals surface area contributed by atoms with Gasteiger partial charge in [-0.25, -0.2) is 18.1 Å². The molecule has 0 spiro atoms. The van der Waals surface area contributed by atoms with Crippen molar-refractivity contribution in [2.75, 3.05) is 0 Å². The Kier molecular flexibility index (Phi) is 4.01. The number of sulfonamides is 1. The number of nitrogens with zero attached hydrogens (tertiary/aromatic N) is 1. The van der Waals surface area contributed by atoms with Crippen molar-refractivity contribution in [1.29, 1.82) is 0 Å². The summed E-state index contributed by atoms with van der Waals surface area (Å²) >= 11 is 7.14. The Bertz CT molecular complexity index is 635. The van der Waals surface area contributed by atoms with Gasteiger partial charge in [0.1, 0.15) is 5.01 Å². The molecule has 0 aliphatic carbocycles. The van der Waals surface area contributed by atoms with E-state index in [9.17, 15) is 8.42 Å². The second kappa shape index (κ2) is 5.36. The highest BCUT2D eigenvalue weighted by atomic mass is 35.5. The molecule has 1 N–H and O–H groups in total. The Hall–Kier alpha value is -0.950. The minimum atomic E-state index is -3.51. The number of thiazole rings is 1. The van der Waals surface area contributed by atoms with Crippen LogP contribution < -0.4 is 4.72 Å². The Morgan fingerprint density at radius 1 is 1.33 bits per heavy atom. The van der Waals surface area contributed by atoms with Crippen molar-refractivity contribution in [3.8, 4) is 0 Å². The van der Waals surface area contributed by atoms with Gasteiger partial charge in [0.15, 0.2) is 0 Å². The average molecular weight is 303 g/mol. The molecule has 0 atom stereocenters. The lowest BCUT2D eigenvalue weighted by Gasteiger charge is -2.05. The first-order chi connectivity index (χ1) is 8.47. The molecule has 1 heterocycles. The van der Waals surface area contributed by atoms with E-state index in [1.807, 2.05) is 12.3 Å². The van der Waals surface area contributed by atoms with Crippen LogP contribution in [0.25, 0.3) is 0 Å². The third-order valence-corrected chi connectivity index (χ3v) is 4.84. The minimum Gasteiger partial charge on any atom is -0.245 e. The fourth-order valence-electron chi connectivity index (χ4n) is 1.34. The molecular weight excluding hydrogens is 292 g/mol. The lowest BCUT2D eigenvalue weighted by atomic mass is 10.4. The number of aryl methyl sites for hydroxylation is 1. The predicted molar refractivity (Wildman–Crippen MR) is 72.3 cm³/mol. The summed E-state index contributed by atoms with van der Waals surface area (Å²) < 4.78 is 26.4. The molecule has 0 unspecified atom stereocenters. The van der Waals surface area contributed by atoms with Crippen LogP contribution in [0.4, 0.5) is 0 Å². The molecule has 0 saturated carbocycles. The van der Waals surface area contributed by atoms with Gasteiger partial charge in [-0.2, -0.15) is 0 Å². The summed E-state index contributed by atoms with van der Waals surface area (Å²) in [6.07, 6.45) is 0. The molecule has 0 aliphatic heterocycles. The minimum absolute atomic E-state index is 0.195. The number of benzene rings is 1. The van der Waals surface area contributed by atoms with Crippen LogP contribution in [0, 0.1) is 6.92 Å². The lowest BCUT2D eigenvalue weighted by Crippen LogP contribution is -2.23. The summed E-state index contributed by atoms with van der Waals surface area (Å²) in [5.41, 5.74) is 0.890. The molecule has 1 aromatic heterocycles. The summed E-state index contributed by atoms with van der Waals surface area (Å²) in [5.74, 6) is 0. The second-order valence-electron chi connectivity index (χ2n) is 3.66. The summed E-state index contributed by atoms with van der Waals surface area (Å²) in [4.78, 5) is 4.39. The van der Waals surface area contributed by atoms with E-state index in [4.69, 9.17) is 11.6 Å². The van der Waals surface area contributed by atoms with Crippen LogP contribution in [0.15, 0.2) is 34.5 Å². The molecule has 0 radical (unpaired) electrons. The van der Waals surface area contributed by atoms with Crippen LogP contribution >= 0.6 is 22.9 Å². The van der Waals surface area contributed by atoms with E-state index in [1.54, 1.807) is 12.1 Å². The van der Waals surface area contributed by atoms with Crippen molar-refractivity contribution >= 4 is 33.0 Å². The fraction of sp³-hybridized carbons (Fsp3) is 0.182. The van der Waals surface area contributed by atoms with E-state index in [0.717, 1.165) is 10.7 Å². The van der Waals surface area contributed by atoms with E-state index in [1.165, 1.54) is 23.5 Å². The first-order valence-electron chi connectivity index (χ1n) is 5.13. The molecule has 0 bridgehead atoms. The summed E-state index contributed by atoms with van der Waals surface area (Å²) in [7, 11) is -3.51. The second-order valence-corrected chi connectivity index (χ2v) is 6.81. The fourth-order valence-corrected chi connectivity index (χ4v) is 3.25. The number of halogens is 1. The van der Waals surface area contributed by atoms with Gasteiger partial charge in [0, 0.05) is 16.1 Å². The smallest absolute Gasteiger partial charge is 0.240 e. The lowest BCUT2D eigenvalue weighted by molar-refractivity contribution is 0.581. The quantitative estimate of drug-likeness (QED) is 0.944. The Balaban J connectivity index is 2.10. The molecule has 4 nitrogen and oxygen atoms in total. The van der Waals surface area contributed by atoms with Crippen molar-refractivity contribution in [2.24, 2.45) is 0 Å². The van der Waals surface area contributed by atoms with Crippen molar-refractivity contribution in [2.45, 2.75) is 18.4 Å².